The molecule has 96 valence electrons. The average Bonchev–Trinajstić information content (AvgIpc) is 2.70. The van der Waals surface area contributed by atoms with E-state index < -0.39 is 0 Å². The second-order valence-corrected chi connectivity index (χ2v) is 4.15. The Morgan fingerprint density at radius 1 is 1.39 bits per heavy atom. The SMILES string of the molecule is COCCn1cc(C)nc1Nc1cccnc1C. The molecule has 0 amide bonds. The normalized spacial score (nSPS) is 10.6. The van der Waals surface area contributed by atoms with Gasteiger partial charge in [0.2, 0.25) is 5.95 Å². The fourth-order valence-corrected chi connectivity index (χ4v) is 1.74. The number of ether oxygens (including phenoxy) is 1. The third-order valence-corrected chi connectivity index (χ3v) is 2.69. The van der Waals surface area contributed by atoms with Gasteiger partial charge in [0.15, 0.2) is 0 Å². The second-order valence-electron chi connectivity index (χ2n) is 4.15. The maximum Gasteiger partial charge on any atom is 0.207 e. The lowest BCUT2D eigenvalue weighted by Crippen LogP contribution is -2.07. The zero-order valence-electron chi connectivity index (χ0n) is 11.0. The summed E-state index contributed by atoms with van der Waals surface area (Å²) in [6.07, 6.45) is 3.79. The highest BCUT2D eigenvalue weighted by atomic mass is 16.5. The Morgan fingerprint density at radius 3 is 2.94 bits per heavy atom. The first-order valence-corrected chi connectivity index (χ1v) is 5.92. The molecule has 2 aromatic heterocycles. The number of hydrogen-bond acceptors (Lipinski definition) is 4. The number of methoxy groups -OCH3 is 1. The minimum absolute atomic E-state index is 0.663. The van der Waals surface area contributed by atoms with Crippen molar-refractivity contribution in [3.05, 3.63) is 35.9 Å². The van der Waals surface area contributed by atoms with Crippen molar-refractivity contribution in [2.24, 2.45) is 0 Å². The van der Waals surface area contributed by atoms with Gasteiger partial charge in [0.05, 0.1) is 23.7 Å². The number of aromatic nitrogens is 3. The molecule has 0 aliphatic heterocycles. The van der Waals surface area contributed by atoms with Crippen molar-refractivity contribution in [3.8, 4) is 0 Å². The summed E-state index contributed by atoms with van der Waals surface area (Å²) in [4.78, 5) is 8.72. The summed E-state index contributed by atoms with van der Waals surface area (Å²) in [5.74, 6) is 0.820. The van der Waals surface area contributed by atoms with Crippen LogP contribution in [0.25, 0.3) is 0 Å². The molecule has 0 fully saturated rings. The van der Waals surface area contributed by atoms with Crippen LogP contribution in [0.5, 0.6) is 0 Å². The lowest BCUT2D eigenvalue weighted by molar-refractivity contribution is 0.188. The molecule has 5 heteroatoms. The first-order chi connectivity index (χ1) is 8.70. The number of nitrogens with one attached hydrogen (secondary N) is 1. The Morgan fingerprint density at radius 2 is 2.22 bits per heavy atom. The van der Waals surface area contributed by atoms with E-state index in [1.54, 1.807) is 13.3 Å². The molecule has 2 aromatic rings. The standard InChI is InChI=1S/C13H18N4O/c1-10-9-17(7-8-18-3)13(15-10)16-12-5-4-6-14-11(12)2/h4-6,9H,7-8H2,1-3H3,(H,15,16). The fraction of sp³-hybridized carbons (Fsp3) is 0.385. The van der Waals surface area contributed by atoms with Gasteiger partial charge >= 0.3 is 0 Å². The summed E-state index contributed by atoms with van der Waals surface area (Å²) >= 11 is 0. The van der Waals surface area contributed by atoms with Crippen molar-refractivity contribution in [2.75, 3.05) is 19.0 Å². The summed E-state index contributed by atoms with van der Waals surface area (Å²) in [6.45, 7) is 5.39. The van der Waals surface area contributed by atoms with Crippen molar-refractivity contribution in [1.29, 1.82) is 0 Å². The minimum Gasteiger partial charge on any atom is -0.383 e. The van der Waals surface area contributed by atoms with E-state index >= 15 is 0 Å². The molecule has 0 saturated heterocycles. The Kier molecular flexibility index (Phi) is 3.94. The van der Waals surface area contributed by atoms with Gasteiger partial charge in [-0.3, -0.25) is 4.98 Å². The number of hydrogen-bond donors (Lipinski definition) is 1. The fourth-order valence-electron chi connectivity index (χ4n) is 1.74. The minimum atomic E-state index is 0.663. The molecule has 18 heavy (non-hydrogen) atoms. The molecule has 0 unspecified atom stereocenters. The molecular formula is C13H18N4O. The van der Waals surface area contributed by atoms with E-state index in [1.165, 1.54) is 0 Å². The van der Waals surface area contributed by atoms with E-state index in [-0.39, 0.29) is 0 Å². The Balaban J connectivity index is 2.20. The van der Waals surface area contributed by atoms with E-state index in [0.717, 1.165) is 29.6 Å². The highest BCUT2D eigenvalue weighted by molar-refractivity contribution is 5.56. The Labute approximate surface area is 107 Å². The van der Waals surface area contributed by atoms with Gasteiger partial charge in [-0.15, -0.1) is 0 Å². The first-order valence-electron chi connectivity index (χ1n) is 5.92. The first kappa shape index (κ1) is 12.6. The quantitative estimate of drug-likeness (QED) is 0.879. The lowest BCUT2D eigenvalue weighted by Gasteiger charge is -2.10. The predicted molar refractivity (Wildman–Crippen MR) is 71.1 cm³/mol. The maximum atomic E-state index is 5.10. The zero-order chi connectivity index (χ0) is 13.0. The monoisotopic (exact) mass is 246 g/mol. The van der Waals surface area contributed by atoms with Crippen LogP contribution in [-0.2, 0) is 11.3 Å². The molecule has 1 N–H and O–H groups in total. The highest BCUT2D eigenvalue weighted by Gasteiger charge is 2.07. The van der Waals surface area contributed by atoms with Gasteiger partial charge in [-0.2, -0.15) is 0 Å². The highest BCUT2D eigenvalue weighted by Crippen LogP contribution is 2.18. The molecule has 2 heterocycles. The van der Waals surface area contributed by atoms with Gasteiger partial charge in [0.1, 0.15) is 0 Å². The number of nitrogens with zero attached hydrogens (tertiary/aromatic N) is 3. The van der Waals surface area contributed by atoms with E-state index in [9.17, 15) is 0 Å². The van der Waals surface area contributed by atoms with Crippen LogP contribution < -0.4 is 5.32 Å². The van der Waals surface area contributed by atoms with Crippen LogP contribution >= 0.6 is 0 Å². The van der Waals surface area contributed by atoms with E-state index in [0.29, 0.717) is 6.61 Å². The van der Waals surface area contributed by atoms with Gasteiger partial charge in [-0.1, -0.05) is 0 Å². The largest absolute Gasteiger partial charge is 0.383 e. The molecular weight excluding hydrogens is 228 g/mol. The zero-order valence-corrected chi connectivity index (χ0v) is 11.0. The van der Waals surface area contributed by atoms with E-state index in [2.05, 4.69) is 15.3 Å². The van der Waals surface area contributed by atoms with Gasteiger partial charge in [0, 0.05) is 26.0 Å². The van der Waals surface area contributed by atoms with Crippen LogP contribution in [0.4, 0.5) is 11.6 Å². The van der Waals surface area contributed by atoms with Crippen molar-refractivity contribution in [3.63, 3.8) is 0 Å². The van der Waals surface area contributed by atoms with Crippen LogP contribution in [0.2, 0.25) is 0 Å². The van der Waals surface area contributed by atoms with Crippen LogP contribution in [0.3, 0.4) is 0 Å². The summed E-state index contributed by atoms with van der Waals surface area (Å²) in [7, 11) is 1.70. The Hall–Kier alpha value is -1.88. The van der Waals surface area contributed by atoms with Crippen molar-refractivity contribution < 1.29 is 4.74 Å². The molecule has 0 saturated carbocycles. The predicted octanol–water partition coefficient (Wildman–Crippen LogP) is 2.28. The number of anilines is 2. The molecule has 0 atom stereocenters. The molecule has 0 bridgehead atoms. The van der Waals surface area contributed by atoms with Crippen LogP contribution in [-0.4, -0.2) is 28.3 Å². The molecule has 0 aliphatic carbocycles. The Bertz CT molecular complexity index is 521. The van der Waals surface area contributed by atoms with E-state index in [1.807, 2.05) is 36.7 Å². The van der Waals surface area contributed by atoms with Crippen molar-refractivity contribution in [1.82, 2.24) is 14.5 Å². The molecule has 2 rings (SSSR count). The van der Waals surface area contributed by atoms with Crippen molar-refractivity contribution in [2.45, 2.75) is 20.4 Å². The second kappa shape index (κ2) is 5.64. The third-order valence-electron chi connectivity index (χ3n) is 2.69. The average molecular weight is 246 g/mol. The molecule has 0 aromatic carbocycles. The van der Waals surface area contributed by atoms with Gasteiger partial charge < -0.3 is 14.6 Å². The number of imidazole rings is 1. The lowest BCUT2D eigenvalue weighted by atomic mass is 10.3. The number of rotatable bonds is 5. The molecule has 0 aliphatic rings. The number of pyridine rings is 1. The van der Waals surface area contributed by atoms with Gasteiger partial charge in [-0.05, 0) is 26.0 Å². The maximum absolute atomic E-state index is 5.10. The summed E-state index contributed by atoms with van der Waals surface area (Å²) in [5, 5.41) is 3.30. The topological polar surface area (TPSA) is 52.0 Å². The smallest absolute Gasteiger partial charge is 0.207 e. The third kappa shape index (κ3) is 2.87. The van der Waals surface area contributed by atoms with Crippen LogP contribution in [0.15, 0.2) is 24.5 Å². The van der Waals surface area contributed by atoms with Crippen molar-refractivity contribution >= 4 is 11.6 Å². The summed E-state index contributed by atoms with van der Waals surface area (Å²) in [6, 6.07) is 3.90. The van der Waals surface area contributed by atoms with Crippen LogP contribution in [0.1, 0.15) is 11.4 Å². The van der Waals surface area contributed by atoms with Gasteiger partial charge in [0.25, 0.3) is 0 Å². The summed E-state index contributed by atoms with van der Waals surface area (Å²) in [5.41, 5.74) is 2.91. The molecule has 0 spiro atoms. The number of aryl methyl sites for hydroxylation is 2. The van der Waals surface area contributed by atoms with Gasteiger partial charge in [-0.25, -0.2) is 4.98 Å². The van der Waals surface area contributed by atoms with E-state index in [4.69, 9.17) is 4.74 Å². The molecule has 5 nitrogen and oxygen atoms in total. The molecule has 0 radical (unpaired) electrons. The van der Waals surface area contributed by atoms with Crippen LogP contribution in [0, 0.1) is 13.8 Å². The summed E-state index contributed by atoms with van der Waals surface area (Å²) < 4.78 is 7.14.